The molecule has 2 aliphatic rings. The summed E-state index contributed by atoms with van der Waals surface area (Å²) >= 11 is 0. The number of piperidine rings is 1. The number of likely N-dealkylation sites (N-methyl/N-ethyl adjacent to an activating group) is 1. The molecule has 1 unspecified atom stereocenters. The molecule has 0 aromatic rings. The number of hydrogen-bond donors (Lipinski definition) is 1. The molecule has 1 aliphatic carbocycles. The Balaban J connectivity index is 1.85. The van der Waals surface area contributed by atoms with Gasteiger partial charge in [0.2, 0.25) is 5.91 Å². The summed E-state index contributed by atoms with van der Waals surface area (Å²) in [5.41, 5.74) is 0. The van der Waals surface area contributed by atoms with Gasteiger partial charge in [0.05, 0.1) is 6.54 Å². The van der Waals surface area contributed by atoms with Crippen molar-refractivity contribution in [2.24, 2.45) is 0 Å². The third kappa shape index (κ3) is 3.69. The van der Waals surface area contributed by atoms with E-state index >= 15 is 0 Å². The van der Waals surface area contributed by atoms with Gasteiger partial charge in [0.1, 0.15) is 0 Å². The Labute approximate surface area is 111 Å². The van der Waals surface area contributed by atoms with Crippen LogP contribution in [-0.2, 0) is 4.79 Å². The van der Waals surface area contributed by atoms with E-state index in [1.807, 2.05) is 11.9 Å². The fourth-order valence-electron chi connectivity index (χ4n) is 2.77. The summed E-state index contributed by atoms with van der Waals surface area (Å²) in [5.74, 6) is 0.302. The maximum absolute atomic E-state index is 12.2. The Kier molecular flexibility index (Phi) is 5.01. The zero-order chi connectivity index (χ0) is 13.0. The molecule has 4 nitrogen and oxygen atoms in total. The topological polar surface area (TPSA) is 35.6 Å². The maximum Gasteiger partial charge on any atom is 0.236 e. The highest BCUT2D eigenvalue weighted by Crippen LogP contribution is 2.25. The Morgan fingerprint density at radius 1 is 1.28 bits per heavy atom. The molecule has 2 rings (SSSR count). The van der Waals surface area contributed by atoms with Crippen LogP contribution in [0.1, 0.15) is 39.0 Å². The van der Waals surface area contributed by atoms with Crippen molar-refractivity contribution >= 4 is 5.91 Å². The summed E-state index contributed by atoms with van der Waals surface area (Å²) in [7, 11) is 1.96. The average molecular weight is 253 g/mol. The lowest BCUT2D eigenvalue weighted by molar-refractivity contribution is -0.132. The molecule has 1 heterocycles. The number of nitrogens with zero attached hydrogens (tertiary/aromatic N) is 2. The van der Waals surface area contributed by atoms with Gasteiger partial charge in [-0.15, -0.1) is 0 Å². The van der Waals surface area contributed by atoms with Gasteiger partial charge in [0.15, 0.2) is 0 Å². The largest absolute Gasteiger partial charge is 0.342 e. The van der Waals surface area contributed by atoms with Gasteiger partial charge in [-0.05, 0) is 45.2 Å². The normalized spacial score (nSPS) is 24.3. The van der Waals surface area contributed by atoms with Gasteiger partial charge in [0, 0.05) is 25.7 Å². The molecule has 1 N–H and O–H groups in total. The molecule has 0 spiro atoms. The van der Waals surface area contributed by atoms with Gasteiger partial charge in [-0.25, -0.2) is 0 Å². The van der Waals surface area contributed by atoms with Crippen LogP contribution in [0.15, 0.2) is 0 Å². The van der Waals surface area contributed by atoms with Gasteiger partial charge < -0.3 is 10.2 Å². The molecule has 0 aromatic carbocycles. The molecule has 104 valence electrons. The van der Waals surface area contributed by atoms with E-state index in [4.69, 9.17) is 0 Å². The molecule has 18 heavy (non-hydrogen) atoms. The van der Waals surface area contributed by atoms with Crippen molar-refractivity contribution in [2.75, 3.05) is 33.2 Å². The van der Waals surface area contributed by atoms with Crippen LogP contribution in [0.2, 0.25) is 0 Å². The summed E-state index contributed by atoms with van der Waals surface area (Å²) in [4.78, 5) is 16.6. The third-order valence-corrected chi connectivity index (χ3v) is 4.12. The van der Waals surface area contributed by atoms with Crippen molar-refractivity contribution in [3.05, 3.63) is 0 Å². The fraction of sp³-hybridized carbons (Fsp3) is 0.929. The van der Waals surface area contributed by atoms with Crippen LogP contribution < -0.4 is 5.32 Å². The molecule has 0 aromatic heterocycles. The van der Waals surface area contributed by atoms with Crippen LogP contribution in [0.25, 0.3) is 0 Å². The molecule has 0 radical (unpaired) electrons. The second kappa shape index (κ2) is 6.53. The minimum atomic E-state index is 0.302. The van der Waals surface area contributed by atoms with Crippen LogP contribution in [0.5, 0.6) is 0 Å². The van der Waals surface area contributed by atoms with E-state index in [-0.39, 0.29) is 0 Å². The second-order valence-corrected chi connectivity index (χ2v) is 5.71. The molecule has 2 fully saturated rings. The van der Waals surface area contributed by atoms with E-state index in [1.54, 1.807) is 0 Å². The number of carbonyl (C=O) groups excluding carboxylic acids is 1. The van der Waals surface area contributed by atoms with E-state index < -0.39 is 0 Å². The molecule has 1 atom stereocenters. The first-order chi connectivity index (χ1) is 8.72. The summed E-state index contributed by atoms with van der Waals surface area (Å²) < 4.78 is 0. The first-order valence-electron chi connectivity index (χ1n) is 7.42. The van der Waals surface area contributed by atoms with Crippen LogP contribution in [0.4, 0.5) is 0 Å². The number of hydrogen-bond acceptors (Lipinski definition) is 3. The zero-order valence-corrected chi connectivity index (χ0v) is 11.8. The summed E-state index contributed by atoms with van der Waals surface area (Å²) in [6.07, 6.45) is 5.98. The van der Waals surface area contributed by atoms with E-state index in [2.05, 4.69) is 17.1 Å². The van der Waals surface area contributed by atoms with Crippen molar-refractivity contribution in [1.29, 1.82) is 0 Å². The first kappa shape index (κ1) is 13.8. The van der Waals surface area contributed by atoms with Crippen molar-refractivity contribution < 1.29 is 4.79 Å². The second-order valence-electron chi connectivity index (χ2n) is 5.71. The highest BCUT2D eigenvalue weighted by Gasteiger charge is 2.31. The third-order valence-electron chi connectivity index (χ3n) is 4.12. The number of rotatable bonds is 6. The van der Waals surface area contributed by atoms with E-state index in [0.29, 0.717) is 24.5 Å². The Hall–Kier alpha value is -0.610. The molecule has 1 saturated carbocycles. The van der Waals surface area contributed by atoms with Gasteiger partial charge in [-0.2, -0.15) is 0 Å². The number of carbonyl (C=O) groups is 1. The minimum absolute atomic E-state index is 0.302. The predicted molar refractivity (Wildman–Crippen MR) is 73.5 cm³/mol. The predicted octanol–water partition coefficient (Wildman–Crippen LogP) is 1.07. The van der Waals surface area contributed by atoms with Crippen molar-refractivity contribution in [3.8, 4) is 0 Å². The van der Waals surface area contributed by atoms with Gasteiger partial charge in [-0.3, -0.25) is 9.69 Å². The van der Waals surface area contributed by atoms with E-state index in [9.17, 15) is 4.79 Å². The van der Waals surface area contributed by atoms with Crippen molar-refractivity contribution in [3.63, 3.8) is 0 Å². The highest BCUT2D eigenvalue weighted by atomic mass is 16.2. The van der Waals surface area contributed by atoms with Gasteiger partial charge in [-0.1, -0.05) is 6.92 Å². The number of nitrogens with one attached hydrogen (secondary N) is 1. The standard InChI is InChI=1S/C14H27N3O/c1-3-9-17(13-5-4-8-15-10-13)11-14(18)16(2)12-6-7-12/h12-13,15H,3-11H2,1-2H3. The SMILES string of the molecule is CCCN(CC(=O)N(C)C1CC1)C1CCCNC1. The Bertz CT molecular complexity index is 272. The van der Waals surface area contributed by atoms with E-state index in [1.165, 1.54) is 25.7 Å². The summed E-state index contributed by atoms with van der Waals surface area (Å²) in [6, 6.07) is 1.08. The Morgan fingerprint density at radius 3 is 2.61 bits per heavy atom. The van der Waals surface area contributed by atoms with Crippen molar-refractivity contribution in [2.45, 2.75) is 51.1 Å². The zero-order valence-electron chi connectivity index (χ0n) is 11.8. The molecule has 1 saturated heterocycles. The van der Waals surface area contributed by atoms with Crippen LogP contribution >= 0.6 is 0 Å². The maximum atomic E-state index is 12.2. The van der Waals surface area contributed by atoms with Gasteiger partial charge in [0.25, 0.3) is 0 Å². The summed E-state index contributed by atoms with van der Waals surface area (Å²) in [6.45, 7) is 6.01. The Morgan fingerprint density at radius 2 is 2.06 bits per heavy atom. The lowest BCUT2D eigenvalue weighted by Crippen LogP contribution is -2.50. The van der Waals surface area contributed by atoms with Crippen LogP contribution in [-0.4, -0.2) is 61.0 Å². The molecular formula is C14H27N3O. The first-order valence-corrected chi connectivity index (χ1v) is 7.42. The monoisotopic (exact) mass is 253 g/mol. The molecule has 0 bridgehead atoms. The van der Waals surface area contributed by atoms with E-state index in [0.717, 1.165) is 26.1 Å². The van der Waals surface area contributed by atoms with Crippen LogP contribution in [0, 0.1) is 0 Å². The minimum Gasteiger partial charge on any atom is -0.342 e. The summed E-state index contributed by atoms with van der Waals surface area (Å²) in [5, 5.41) is 3.44. The molecule has 4 heteroatoms. The lowest BCUT2D eigenvalue weighted by Gasteiger charge is -2.35. The highest BCUT2D eigenvalue weighted by molar-refractivity contribution is 5.78. The quantitative estimate of drug-likeness (QED) is 0.769. The molecular weight excluding hydrogens is 226 g/mol. The van der Waals surface area contributed by atoms with Gasteiger partial charge >= 0.3 is 0 Å². The van der Waals surface area contributed by atoms with Crippen molar-refractivity contribution in [1.82, 2.24) is 15.1 Å². The molecule has 1 aliphatic heterocycles. The number of amides is 1. The fourth-order valence-corrected chi connectivity index (χ4v) is 2.77. The lowest BCUT2D eigenvalue weighted by atomic mass is 10.1. The smallest absolute Gasteiger partial charge is 0.236 e. The average Bonchev–Trinajstić information content (AvgIpc) is 3.22. The molecule has 1 amide bonds. The van der Waals surface area contributed by atoms with Crippen LogP contribution in [0.3, 0.4) is 0 Å².